The third-order valence-electron chi connectivity index (χ3n) is 6.07. The first-order valence-electron chi connectivity index (χ1n) is 10.4. The van der Waals surface area contributed by atoms with Gasteiger partial charge >= 0.3 is 0 Å². The average molecular weight is 396 g/mol. The molecule has 0 atom stereocenters. The fraction of sp³-hybridized carbons (Fsp3) is 0.240. The first kappa shape index (κ1) is 18.6. The predicted octanol–water partition coefficient (Wildman–Crippen LogP) is 4.79. The average Bonchev–Trinajstić information content (AvgIpc) is 3.23. The first-order valence-corrected chi connectivity index (χ1v) is 10.4. The number of aromatic nitrogens is 3. The van der Waals surface area contributed by atoms with Crippen LogP contribution in [0.5, 0.6) is 0 Å². The molecule has 5 nitrogen and oxygen atoms in total. The van der Waals surface area contributed by atoms with E-state index < -0.39 is 0 Å². The second-order valence-corrected chi connectivity index (χ2v) is 7.91. The zero-order chi connectivity index (χ0) is 20.5. The number of nitrogens with zero attached hydrogens (tertiary/aromatic N) is 4. The van der Waals surface area contributed by atoms with Crippen LogP contribution in [0, 0.1) is 0 Å². The van der Waals surface area contributed by atoms with Gasteiger partial charge in [-0.25, -0.2) is 4.98 Å². The quantitative estimate of drug-likeness (QED) is 0.500. The Balaban J connectivity index is 1.43. The molecule has 5 heteroatoms. The van der Waals surface area contributed by atoms with E-state index in [9.17, 15) is 4.79 Å². The molecule has 0 N–H and O–H groups in total. The van der Waals surface area contributed by atoms with Gasteiger partial charge in [0.15, 0.2) is 0 Å². The number of imidazole rings is 1. The minimum Gasteiger partial charge on any atom is -0.343 e. The van der Waals surface area contributed by atoms with E-state index in [1.165, 1.54) is 5.56 Å². The molecule has 0 unspecified atom stereocenters. The third kappa shape index (κ3) is 3.47. The Morgan fingerprint density at radius 1 is 0.967 bits per heavy atom. The number of rotatable bonds is 3. The highest BCUT2D eigenvalue weighted by molar-refractivity contribution is 5.73. The maximum absolute atomic E-state index is 11.6. The molecule has 0 radical (unpaired) electrons. The molecule has 30 heavy (non-hydrogen) atoms. The number of fused-ring (bicyclic) bond motifs is 1. The first-order chi connectivity index (χ1) is 14.7. The van der Waals surface area contributed by atoms with E-state index >= 15 is 0 Å². The lowest BCUT2D eigenvalue weighted by atomic mass is 9.90. The fourth-order valence-electron chi connectivity index (χ4n) is 4.35. The van der Waals surface area contributed by atoms with Crippen LogP contribution in [-0.4, -0.2) is 38.3 Å². The molecule has 0 aliphatic carbocycles. The summed E-state index contributed by atoms with van der Waals surface area (Å²) in [5.74, 6) is 0.658. The second kappa shape index (κ2) is 7.75. The van der Waals surface area contributed by atoms with Crippen molar-refractivity contribution < 1.29 is 4.79 Å². The number of carbonyl (C=O) groups excluding carboxylic acids is 1. The van der Waals surface area contributed by atoms with E-state index in [1.54, 1.807) is 6.92 Å². The van der Waals surface area contributed by atoms with Gasteiger partial charge in [-0.3, -0.25) is 14.2 Å². The van der Waals surface area contributed by atoms with Gasteiger partial charge in [0.2, 0.25) is 5.91 Å². The lowest BCUT2D eigenvalue weighted by Crippen LogP contribution is -2.36. The largest absolute Gasteiger partial charge is 0.343 e. The summed E-state index contributed by atoms with van der Waals surface area (Å²) in [6.45, 7) is 3.33. The number of pyridine rings is 2. The van der Waals surface area contributed by atoms with E-state index in [-0.39, 0.29) is 5.91 Å². The van der Waals surface area contributed by atoms with Crippen LogP contribution >= 0.6 is 0 Å². The molecular formula is C25H24N4O. The minimum atomic E-state index is 0.175. The van der Waals surface area contributed by atoms with Crippen molar-refractivity contribution in [1.29, 1.82) is 0 Å². The highest BCUT2D eigenvalue weighted by Crippen LogP contribution is 2.30. The van der Waals surface area contributed by atoms with Crippen molar-refractivity contribution >= 4 is 11.6 Å². The van der Waals surface area contributed by atoms with Crippen molar-refractivity contribution in [1.82, 2.24) is 19.3 Å². The molecule has 1 amide bonds. The Bertz CT molecular complexity index is 1190. The van der Waals surface area contributed by atoms with Crippen LogP contribution in [0.1, 0.15) is 31.2 Å². The van der Waals surface area contributed by atoms with E-state index in [2.05, 4.69) is 50.9 Å². The Morgan fingerprint density at radius 2 is 1.77 bits per heavy atom. The van der Waals surface area contributed by atoms with Crippen molar-refractivity contribution in [3.05, 3.63) is 78.8 Å². The van der Waals surface area contributed by atoms with Crippen LogP contribution in [0.15, 0.2) is 73.2 Å². The second-order valence-electron chi connectivity index (χ2n) is 7.91. The van der Waals surface area contributed by atoms with Gasteiger partial charge in [0.25, 0.3) is 0 Å². The number of benzene rings is 1. The molecular weight excluding hydrogens is 372 g/mol. The van der Waals surface area contributed by atoms with Crippen LogP contribution in [0.25, 0.3) is 28.2 Å². The summed E-state index contributed by atoms with van der Waals surface area (Å²) in [7, 11) is 0. The third-order valence-corrected chi connectivity index (χ3v) is 6.07. The molecule has 1 aliphatic heterocycles. The summed E-state index contributed by atoms with van der Waals surface area (Å²) >= 11 is 0. The lowest BCUT2D eigenvalue weighted by Gasteiger charge is -2.31. The number of hydrogen-bond acceptors (Lipinski definition) is 3. The highest BCUT2D eigenvalue weighted by Gasteiger charge is 2.22. The Labute approximate surface area is 176 Å². The SMILES string of the molecule is CC(=O)N1CCC(c2ccn3c(-c4ccnc(-c5ccccc5)c4)cnc3c2)CC1. The van der Waals surface area contributed by atoms with Crippen molar-refractivity contribution in [2.75, 3.05) is 13.1 Å². The zero-order valence-corrected chi connectivity index (χ0v) is 17.0. The summed E-state index contributed by atoms with van der Waals surface area (Å²) in [6.07, 6.45) is 7.92. The smallest absolute Gasteiger partial charge is 0.219 e. The van der Waals surface area contributed by atoms with E-state index in [0.717, 1.165) is 54.1 Å². The monoisotopic (exact) mass is 396 g/mol. The topological polar surface area (TPSA) is 50.5 Å². The molecule has 3 aromatic heterocycles. The number of likely N-dealkylation sites (tertiary alicyclic amines) is 1. The van der Waals surface area contributed by atoms with Gasteiger partial charge in [-0.2, -0.15) is 0 Å². The zero-order valence-electron chi connectivity index (χ0n) is 17.0. The van der Waals surface area contributed by atoms with Gasteiger partial charge in [-0.1, -0.05) is 30.3 Å². The molecule has 0 spiro atoms. The molecule has 0 saturated carbocycles. The molecule has 1 aliphatic rings. The summed E-state index contributed by atoms with van der Waals surface area (Å²) in [5.41, 5.74) is 6.47. The summed E-state index contributed by atoms with van der Waals surface area (Å²) in [6, 6.07) is 18.8. The van der Waals surface area contributed by atoms with Crippen LogP contribution in [0.4, 0.5) is 0 Å². The maximum atomic E-state index is 11.6. The molecule has 1 saturated heterocycles. The van der Waals surface area contributed by atoms with E-state index in [0.29, 0.717) is 5.92 Å². The molecule has 150 valence electrons. The molecule has 1 fully saturated rings. The van der Waals surface area contributed by atoms with Gasteiger partial charge < -0.3 is 4.90 Å². The van der Waals surface area contributed by atoms with Gasteiger partial charge in [0, 0.05) is 43.5 Å². The summed E-state index contributed by atoms with van der Waals surface area (Å²) in [5, 5.41) is 0. The molecule has 1 aromatic carbocycles. The van der Waals surface area contributed by atoms with Crippen molar-refractivity contribution in [2.45, 2.75) is 25.7 Å². The number of amides is 1. The Morgan fingerprint density at radius 3 is 2.53 bits per heavy atom. The lowest BCUT2D eigenvalue weighted by molar-refractivity contribution is -0.129. The van der Waals surface area contributed by atoms with E-state index in [4.69, 9.17) is 0 Å². The Kier molecular flexibility index (Phi) is 4.79. The highest BCUT2D eigenvalue weighted by atomic mass is 16.2. The minimum absolute atomic E-state index is 0.175. The maximum Gasteiger partial charge on any atom is 0.219 e. The van der Waals surface area contributed by atoms with Crippen LogP contribution < -0.4 is 0 Å². The van der Waals surface area contributed by atoms with Gasteiger partial charge in [-0.15, -0.1) is 0 Å². The predicted molar refractivity (Wildman–Crippen MR) is 118 cm³/mol. The molecule has 4 aromatic rings. The van der Waals surface area contributed by atoms with Crippen LogP contribution in [0.2, 0.25) is 0 Å². The number of hydrogen-bond donors (Lipinski definition) is 0. The van der Waals surface area contributed by atoms with Gasteiger partial charge in [0.05, 0.1) is 17.6 Å². The van der Waals surface area contributed by atoms with Crippen molar-refractivity contribution in [3.63, 3.8) is 0 Å². The van der Waals surface area contributed by atoms with Crippen LogP contribution in [-0.2, 0) is 4.79 Å². The summed E-state index contributed by atoms with van der Waals surface area (Å²) in [4.78, 5) is 22.7. The van der Waals surface area contributed by atoms with Gasteiger partial charge in [-0.05, 0) is 48.6 Å². The standard InChI is InChI=1S/C25H24N4O/c1-18(30)28-12-8-19(9-13-28)21-10-14-29-24(17-27-25(29)16-21)22-7-11-26-23(15-22)20-5-3-2-4-6-20/h2-7,10-11,14-17,19H,8-9,12-13H2,1H3. The molecule has 4 heterocycles. The number of carbonyl (C=O) groups is 1. The summed E-state index contributed by atoms with van der Waals surface area (Å²) < 4.78 is 2.14. The van der Waals surface area contributed by atoms with Gasteiger partial charge in [0.1, 0.15) is 5.65 Å². The molecule has 5 rings (SSSR count). The van der Waals surface area contributed by atoms with Crippen molar-refractivity contribution in [2.24, 2.45) is 0 Å². The fourth-order valence-corrected chi connectivity index (χ4v) is 4.35. The number of piperidine rings is 1. The molecule has 0 bridgehead atoms. The van der Waals surface area contributed by atoms with Crippen molar-refractivity contribution in [3.8, 4) is 22.5 Å². The van der Waals surface area contributed by atoms with E-state index in [1.807, 2.05) is 41.6 Å². The normalized spacial score (nSPS) is 14.9. The Hall–Kier alpha value is -3.47. The van der Waals surface area contributed by atoms with Crippen LogP contribution in [0.3, 0.4) is 0 Å².